The molecule has 2 aromatic heterocycles. The first-order valence-corrected chi connectivity index (χ1v) is 11.1. The summed E-state index contributed by atoms with van der Waals surface area (Å²) in [7, 11) is -3.70. The molecule has 0 spiro atoms. The van der Waals surface area contributed by atoms with E-state index in [-0.39, 0.29) is 36.9 Å². The number of rotatable bonds is 4. The van der Waals surface area contributed by atoms with Crippen LogP contribution in [0.3, 0.4) is 0 Å². The van der Waals surface area contributed by atoms with Gasteiger partial charge in [-0.05, 0) is 43.2 Å². The first-order chi connectivity index (χ1) is 14.7. The molecule has 4 rings (SSSR count). The Morgan fingerprint density at radius 3 is 2.45 bits per heavy atom. The second-order valence-electron chi connectivity index (χ2n) is 7.44. The van der Waals surface area contributed by atoms with Crippen LogP contribution in [0.2, 0.25) is 0 Å². The second-order valence-corrected chi connectivity index (χ2v) is 9.34. The first kappa shape index (κ1) is 20.9. The predicted octanol–water partition coefficient (Wildman–Crippen LogP) is 1.73. The molecule has 0 amide bonds. The van der Waals surface area contributed by atoms with Gasteiger partial charge in [0, 0.05) is 32.4 Å². The third-order valence-electron chi connectivity index (χ3n) is 5.37. The summed E-state index contributed by atoms with van der Waals surface area (Å²) in [6.07, 6.45) is 1.43. The van der Waals surface area contributed by atoms with E-state index in [9.17, 15) is 23.3 Å². The Labute approximate surface area is 178 Å². The molecule has 3 heterocycles. The number of aromatic nitrogens is 2. The third-order valence-corrected chi connectivity index (χ3v) is 7.41. The number of hydrogen-bond acceptors (Lipinski definition) is 7. The summed E-state index contributed by atoms with van der Waals surface area (Å²) in [5, 5.41) is 11.6. The van der Waals surface area contributed by atoms with Crippen molar-refractivity contribution in [3.05, 3.63) is 74.2 Å². The van der Waals surface area contributed by atoms with Crippen LogP contribution in [-0.4, -0.2) is 53.2 Å². The van der Waals surface area contributed by atoms with Gasteiger partial charge in [-0.3, -0.25) is 19.3 Å². The van der Waals surface area contributed by atoms with E-state index >= 15 is 0 Å². The highest BCUT2D eigenvalue weighted by Crippen LogP contribution is 2.27. The Morgan fingerprint density at radius 2 is 1.77 bits per heavy atom. The number of nitro groups is 1. The maximum absolute atomic E-state index is 13.1. The number of sulfonamides is 1. The van der Waals surface area contributed by atoms with Gasteiger partial charge in [0.15, 0.2) is 0 Å². The number of benzene rings is 1. The SMILES string of the molecule is Cc1ccc(C)c(S(=O)(=O)N2CCN(c3nc4ccccn4c(=O)c3[N+](=O)[O-])CC2)c1. The Morgan fingerprint density at radius 1 is 1.06 bits per heavy atom. The van der Waals surface area contributed by atoms with Crippen LogP contribution in [0.5, 0.6) is 0 Å². The van der Waals surface area contributed by atoms with E-state index in [1.54, 1.807) is 42.2 Å². The van der Waals surface area contributed by atoms with Crippen LogP contribution < -0.4 is 10.5 Å². The fourth-order valence-electron chi connectivity index (χ4n) is 3.71. The number of fused-ring (bicyclic) bond motifs is 1. The molecule has 0 N–H and O–H groups in total. The molecule has 1 aromatic carbocycles. The minimum absolute atomic E-state index is 0.0371. The van der Waals surface area contributed by atoms with Gasteiger partial charge in [-0.1, -0.05) is 18.2 Å². The molecule has 0 aliphatic carbocycles. The molecule has 0 atom stereocenters. The maximum atomic E-state index is 13.1. The predicted molar refractivity (Wildman–Crippen MR) is 115 cm³/mol. The van der Waals surface area contributed by atoms with E-state index in [1.165, 1.54) is 10.5 Å². The number of piperazine rings is 1. The van der Waals surface area contributed by atoms with Crippen LogP contribution in [0.15, 0.2) is 52.3 Å². The monoisotopic (exact) mass is 443 g/mol. The van der Waals surface area contributed by atoms with Gasteiger partial charge in [-0.15, -0.1) is 0 Å². The molecule has 1 aliphatic heterocycles. The van der Waals surface area contributed by atoms with Crippen LogP contribution in [0.25, 0.3) is 5.65 Å². The van der Waals surface area contributed by atoms with E-state index in [2.05, 4.69) is 4.98 Å². The summed E-state index contributed by atoms with van der Waals surface area (Å²) in [6, 6.07) is 10.1. The molecule has 0 saturated carbocycles. The average molecular weight is 443 g/mol. The molecular formula is C20H21N5O5S. The Balaban J connectivity index is 1.66. The Hall–Kier alpha value is -3.31. The van der Waals surface area contributed by atoms with Crippen molar-refractivity contribution >= 4 is 27.2 Å². The number of aryl methyl sites for hydroxylation is 2. The fourth-order valence-corrected chi connectivity index (χ4v) is 5.44. The number of anilines is 1. The van der Waals surface area contributed by atoms with Gasteiger partial charge >= 0.3 is 11.2 Å². The van der Waals surface area contributed by atoms with Crippen LogP contribution in [0, 0.1) is 24.0 Å². The molecule has 0 radical (unpaired) electrons. The fraction of sp³-hybridized carbons (Fsp3) is 0.300. The van der Waals surface area contributed by atoms with Crippen molar-refractivity contribution in [2.75, 3.05) is 31.1 Å². The highest BCUT2D eigenvalue weighted by atomic mass is 32.2. The number of nitrogens with zero attached hydrogens (tertiary/aromatic N) is 5. The lowest BCUT2D eigenvalue weighted by molar-refractivity contribution is -0.385. The van der Waals surface area contributed by atoms with Gasteiger partial charge in [0.1, 0.15) is 5.65 Å². The number of hydrogen-bond donors (Lipinski definition) is 0. The molecule has 3 aromatic rings. The highest BCUT2D eigenvalue weighted by molar-refractivity contribution is 7.89. The summed E-state index contributed by atoms with van der Waals surface area (Å²) in [5.41, 5.74) is 0.413. The first-order valence-electron chi connectivity index (χ1n) is 9.68. The van der Waals surface area contributed by atoms with E-state index in [1.807, 2.05) is 13.0 Å². The zero-order valence-corrected chi connectivity index (χ0v) is 17.9. The quantitative estimate of drug-likeness (QED) is 0.445. The van der Waals surface area contributed by atoms with Crippen molar-refractivity contribution < 1.29 is 13.3 Å². The molecule has 1 saturated heterocycles. The standard InChI is InChI=1S/C20H21N5O5S/c1-14-6-7-15(2)16(13-14)31(29,30)23-11-9-22(10-12-23)19-18(25(27)28)20(26)24-8-4-3-5-17(24)21-19/h3-8,13H,9-12H2,1-2H3. The molecule has 162 valence electrons. The third kappa shape index (κ3) is 3.66. The molecule has 11 heteroatoms. The van der Waals surface area contributed by atoms with E-state index in [4.69, 9.17) is 0 Å². The molecule has 1 aliphatic rings. The molecule has 0 bridgehead atoms. The highest BCUT2D eigenvalue weighted by Gasteiger charge is 2.34. The summed E-state index contributed by atoms with van der Waals surface area (Å²) >= 11 is 0. The maximum Gasteiger partial charge on any atom is 0.376 e. The molecule has 31 heavy (non-hydrogen) atoms. The molecule has 10 nitrogen and oxygen atoms in total. The number of pyridine rings is 1. The summed E-state index contributed by atoms with van der Waals surface area (Å²) in [6.45, 7) is 4.20. The van der Waals surface area contributed by atoms with Gasteiger partial charge in [-0.2, -0.15) is 4.31 Å². The van der Waals surface area contributed by atoms with Crippen molar-refractivity contribution in [1.82, 2.24) is 13.7 Å². The summed E-state index contributed by atoms with van der Waals surface area (Å²) in [4.78, 5) is 29.7. The normalized spacial score (nSPS) is 15.4. The van der Waals surface area contributed by atoms with Gasteiger partial charge in [0.2, 0.25) is 15.8 Å². The topological polar surface area (TPSA) is 118 Å². The average Bonchev–Trinajstić information content (AvgIpc) is 2.75. The minimum atomic E-state index is -3.70. The van der Waals surface area contributed by atoms with Gasteiger partial charge in [0.25, 0.3) is 0 Å². The van der Waals surface area contributed by atoms with E-state index in [0.29, 0.717) is 11.2 Å². The minimum Gasteiger partial charge on any atom is -0.348 e. The largest absolute Gasteiger partial charge is 0.376 e. The van der Waals surface area contributed by atoms with Gasteiger partial charge in [-0.25, -0.2) is 13.4 Å². The van der Waals surface area contributed by atoms with Crippen LogP contribution in [0.1, 0.15) is 11.1 Å². The zero-order chi connectivity index (χ0) is 22.3. The van der Waals surface area contributed by atoms with Crippen molar-refractivity contribution in [3.63, 3.8) is 0 Å². The van der Waals surface area contributed by atoms with Crippen molar-refractivity contribution in [2.45, 2.75) is 18.7 Å². The molecule has 0 unspecified atom stereocenters. The van der Waals surface area contributed by atoms with Crippen LogP contribution in [-0.2, 0) is 10.0 Å². The van der Waals surface area contributed by atoms with Crippen LogP contribution in [0.4, 0.5) is 11.5 Å². The van der Waals surface area contributed by atoms with E-state index in [0.717, 1.165) is 9.96 Å². The summed E-state index contributed by atoms with van der Waals surface area (Å²) in [5.74, 6) is -0.0371. The molecular weight excluding hydrogens is 422 g/mol. The van der Waals surface area contributed by atoms with Gasteiger partial charge < -0.3 is 4.90 Å². The lowest BCUT2D eigenvalue weighted by Crippen LogP contribution is -2.49. The lowest BCUT2D eigenvalue weighted by atomic mass is 10.2. The van der Waals surface area contributed by atoms with Crippen molar-refractivity contribution in [1.29, 1.82) is 0 Å². The summed E-state index contributed by atoms with van der Waals surface area (Å²) < 4.78 is 28.8. The smallest absolute Gasteiger partial charge is 0.348 e. The lowest BCUT2D eigenvalue weighted by Gasteiger charge is -2.34. The second kappa shape index (κ2) is 7.75. The zero-order valence-electron chi connectivity index (χ0n) is 17.1. The van der Waals surface area contributed by atoms with Crippen molar-refractivity contribution in [2.24, 2.45) is 0 Å². The Bertz CT molecular complexity index is 1340. The van der Waals surface area contributed by atoms with Crippen molar-refractivity contribution in [3.8, 4) is 0 Å². The van der Waals surface area contributed by atoms with Gasteiger partial charge in [0.05, 0.1) is 9.82 Å². The Kier molecular flexibility index (Phi) is 5.23. The molecule has 1 fully saturated rings. The van der Waals surface area contributed by atoms with E-state index < -0.39 is 26.2 Å². The van der Waals surface area contributed by atoms with Crippen LogP contribution >= 0.6 is 0 Å².